The van der Waals surface area contributed by atoms with Crippen molar-refractivity contribution >= 4 is 29.1 Å². The number of rotatable bonds is 1. The minimum absolute atomic E-state index is 0.0941. The van der Waals surface area contributed by atoms with Gasteiger partial charge in [-0.25, -0.2) is 4.79 Å². The monoisotopic (exact) mass is 163 g/mol. The Morgan fingerprint density at radius 2 is 2.56 bits per heavy atom. The van der Waals surface area contributed by atoms with E-state index < -0.39 is 5.97 Å². The van der Waals surface area contributed by atoms with Crippen molar-refractivity contribution in [3.05, 3.63) is 16.1 Å². The maximum Gasteiger partial charge on any atom is 0.349 e. The normalized spacial score (nSPS) is 9.44. The summed E-state index contributed by atoms with van der Waals surface area (Å²) in [6.07, 6.45) is 1.32. The van der Waals surface area contributed by atoms with Crippen LogP contribution in [0.2, 0.25) is 5.02 Å². The lowest BCUT2D eigenvalue weighted by Crippen LogP contribution is -1.91. The van der Waals surface area contributed by atoms with Crippen molar-refractivity contribution in [2.75, 3.05) is 0 Å². The number of aromatic nitrogens is 1. The zero-order valence-corrected chi connectivity index (χ0v) is 5.74. The fourth-order valence-electron chi connectivity index (χ4n) is 0.369. The maximum atomic E-state index is 10.2. The van der Waals surface area contributed by atoms with E-state index in [0.29, 0.717) is 0 Å². The number of halogens is 1. The molecule has 1 N–H and O–H groups in total. The van der Waals surface area contributed by atoms with Crippen LogP contribution in [-0.2, 0) is 0 Å². The van der Waals surface area contributed by atoms with Gasteiger partial charge in [-0.3, -0.25) is 0 Å². The lowest BCUT2D eigenvalue weighted by Gasteiger charge is -1.82. The highest BCUT2D eigenvalue weighted by atomic mass is 35.5. The van der Waals surface area contributed by atoms with E-state index in [9.17, 15) is 4.79 Å². The minimum atomic E-state index is -1.03. The van der Waals surface area contributed by atoms with Gasteiger partial charge in [0.1, 0.15) is 0 Å². The lowest BCUT2D eigenvalue weighted by atomic mass is 10.5. The average molecular weight is 164 g/mol. The Hall–Kier alpha value is -0.610. The second-order valence-corrected chi connectivity index (χ2v) is 2.52. The minimum Gasteiger partial charge on any atom is -0.477 e. The highest BCUT2D eigenvalue weighted by Gasteiger charge is 2.09. The molecule has 3 nitrogen and oxygen atoms in total. The van der Waals surface area contributed by atoms with E-state index in [1.54, 1.807) is 0 Å². The molecule has 1 aromatic heterocycles. The molecule has 0 unspecified atom stereocenters. The van der Waals surface area contributed by atoms with Crippen LogP contribution >= 0.6 is 23.1 Å². The van der Waals surface area contributed by atoms with Crippen molar-refractivity contribution in [1.82, 2.24) is 4.37 Å². The van der Waals surface area contributed by atoms with Crippen LogP contribution in [0.5, 0.6) is 0 Å². The van der Waals surface area contributed by atoms with E-state index in [4.69, 9.17) is 16.7 Å². The van der Waals surface area contributed by atoms with Crippen LogP contribution in [0.3, 0.4) is 0 Å². The lowest BCUT2D eigenvalue weighted by molar-refractivity contribution is 0.0702. The summed E-state index contributed by atoms with van der Waals surface area (Å²) >= 11 is 6.28. The summed E-state index contributed by atoms with van der Waals surface area (Å²) in [4.78, 5) is 10.3. The van der Waals surface area contributed by atoms with E-state index >= 15 is 0 Å². The summed E-state index contributed by atoms with van der Waals surface area (Å²) in [6.45, 7) is 0. The first-order chi connectivity index (χ1) is 4.22. The van der Waals surface area contributed by atoms with Crippen molar-refractivity contribution in [2.24, 2.45) is 0 Å². The van der Waals surface area contributed by atoms with E-state index in [0.717, 1.165) is 11.5 Å². The summed E-state index contributed by atoms with van der Waals surface area (Å²) in [6, 6.07) is 0. The molecular weight excluding hydrogens is 162 g/mol. The molecule has 1 aromatic rings. The van der Waals surface area contributed by atoms with Crippen molar-refractivity contribution < 1.29 is 9.90 Å². The Morgan fingerprint density at radius 3 is 2.78 bits per heavy atom. The molecule has 0 fully saturated rings. The van der Waals surface area contributed by atoms with Gasteiger partial charge in [0, 0.05) is 0 Å². The van der Waals surface area contributed by atoms with Gasteiger partial charge in [-0.1, -0.05) is 11.6 Å². The first kappa shape index (κ1) is 6.51. The highest BCUT2D eigenvalue weighted by molar-refractivity contribution is 7.08. The Bertz CT molecular complexity index is 234. The predicted molar refractivity (Wildman–Crippen MR) is 34.1 cm³/mol. The molecule has 0 saturated carbocycles. The third-order valence-corrected chi connectivity index (χ3v) is 1.91. The number of carbonyl (C=O) groups is 1. The summed E-state index contributed by atoms with van der Waals surface area (Å²) in [5, 5.41) is 8.54. The molecule has 0 aliphatic carbocycles. The molecule has 0 saturated heterocycles. The maximum absolute atomic E-state index is 10.2. The van der Waals surface area contributed by atoms with Crippen LogP contribution in [0.25, 0.3) is 0 Å². The number of carboxylic acids is 1. The first-order valence-corrected chi connectivity index (χ1v) is 3.20. The number of hydrogen-bond donors (Lipinski definition) is 1. The summed E-state index contributed by atoms with van der Waals surface area (Å²) < 4.78 is 3.57. The molecule has 48 valence electrons. The van der Waals surface area contributed by atoms with Crippen molar-refractivity contribution in [3.8, 4) is 0 Å². The van der Waals surface area contributed by atoms with Crippen molar-refractivity contribution in [3.63, 3.8) is 0 Å². The van der Waals surface area contributed by atoms with Crippen molar-refractivity contribution in [2.45, 2.75) is 0 Å². The number of carboxylic acid groups (broad SMARTS) is 1. The highest BCUT2D eigenvalue weighted by Crippen LogP contribution is 2.18. The quantitative estimate of drug-likeness (QED) is 0.683. The molecule has 0 aromatic carbocycles. The molecule has 0 radical (unpaired) electrons. The van der Waals surface area contributed by atoms with Gasteiger partial charge < -0.3 is 5.11 Å². The second kappa shape index (κ2) is 2.33. The zero-order chi connectivity index (χ0) is 6.85. The van der Waals surface area contributed by atoms with Gasteiger partial charge in [0.05, 0.1) is 11.2 Å². The van der Waals surface area contributed by atoms with E-state index in [2.05, 4.69) is 4.37 Å². The third kappa shape index (κ3) is 1.20. The van der Waals surface area contributed by atoms with E-state index in [1.165, 1.54) is 6.20 Å². The van der Waals surface area contributed by atoms with Gasteiger partial charge in [0.15, 0.2) is 4.88 Å². The summed E-state index contributed by atoms with van der Waals surface area (Å²) in [5.41, 5.74) is 0. The van der Waals surface area contributed by atoms with E-state index in [-0.39, 0.29) is 9.90 Å². The average Bonchev–Trinajstić information content (AvgIpc) is 2.13. The molecular formula is C4H2ClNO2S. The molecule has 5 heteroatoms. The van der Waals surface area contributed by atoms with Gasteiger partial charge in [-0.15, -0.1) is 0 Å². The van der Waals surface area contributed by atoms with Gasteiger partial charge in [-0.2, -0.15) is 4.37 Å². The van der Waals surface area contributed by atoms with E-state index in [1.807, 2.05) is 0 Å². The Balaban J connectivity index is 3.08. The fraction of sp³-hybridized carbons (Fsp3) is 0. The number of aromatic carboxylic acids is 1. The van der Waals surface area contributed by atoms with Crippen LogP contribution in [0, 0.1) is 0 Å². The molecule has 9 heavy (non-hydrogen) atoms. The smallest absolute Gasteiger partial charge is 0.349 e. The van der Waals surface area contributed by atoms with Gasteiger partial charge in [-0.05, 0) is 11.5 Å². The molecule has 0 bridgehead atoms. The zero-order valence-electron chi connectivity index (χ0n) is 4.17. The topological polar surface area (TPSA) is 50.2 Å². The molecule has 1 heterocycles. The van der Waals surface area contributed by atoms with Gasteiger partial charge >= 0.3 is 5.97 Å². The van der Waals surface area contributed by atoms with Crippen LogP contribution in [0.15, 0.2) is 6.20 Å². The van der Waals surface area contributed by atoms with Crippen LogP contribution in [0.4, 0.5) is 0 Å². The number of hydrogen-bond acceptors (Lipinski definition) is 3. The molecule has 0 amide bonds. The summed E-state index contributed by atoms with van der Waals surface area (Å²) in [5.74, 6) is -1.03. The second-order valence-electron chi connectivity index (χ2n) is 1.31. The van der Waals surface area contributed by atoms with Gasteiger partial charge in [0.25, 0.3) is 0 Å². The molecule has 0 aliphatic heterocycles. The Labute approximate surface area is 60.1 Å². The third-order valence-electron chi connectivity index (χ3n) is 0.721. The first-order valence-electron chi connectivity index (χ1n) is 2.05. The molecule has 0 aliphatic rings. The predicted octanol–water partition coefficient (Wildman–Crippen LogP) is 1.49. The molecule has 1 rings (SSSR count). The van der Waals surface area contributed by atoms with Crippen molar-refractivity contribution in [1.29, 1.82) is 0 Å². The van der Waals surface area contributed by atoms with Crippen LogP contribution in [-0.4, -0.2) is 15.4 Å². The van der Waals surface area contributed by atoms with Crippen LogP contribution < -0.4 is 0 Å². The van der Waals surface area contributed by atoms with Crippen LogP contribution in [0.1, 0.15) is 9.67 Å². The Morgan fingerprint density at radius 1 is 1.89 bits per heavy atom. The SMILES string of the molecule is O=C(O)c1sncc1Cl. The molecule has 0 spiro atoms. The standard InChI is InChI=1S/C4H2ClNO2S/c5-2-1-6-9-3(2)4(7)8/h1H,(H,7,8). The fourth-order valence-corrected chi connectivity index (χ4v) is 1.14. The Kier molecular flexibility index (Phi) is 1.68. The van der Waals surface area contributed by atoms with Gasteiger partial charge in [0.2, 0.25) is 0 Å². The molecule has 0 atom stereocenters. The number of nitrogens with zero attached hydrogens (tertiary/aromatic N) is 1. The largest absolute Gasteiger partial charge is 0.477 e. The summed E-state index contributed by atoms with van der Waals surface area (Å²) in [7, 11) is 0.